The van der Waals surface area contributed by atoms with Gasteiger partial charge in [0, 0.05) is 30.0 Å². The first-order valence-electron chi connectivity index (χ1n) is 12.6. The van der Waals surface area contributed by atoms with E-state index in [1.807, 2.05) is 30.3 Å². The number of oxime groups is 1. The number of fused-ring (bicyclic) bond motifs is 1. The van der Waals surface area contributed by atoms with Crippen LogP contribution in [0.2, 0.25) is 0 Å². The molecule has 1 atom stereocenters. The quantitative estimate of drug-likeness (QED) is 0.336. The second-order valence-electron chi connectivity index (χ2n) is 9.65. The van der Waals surface area contributed by atoms with Gasteiger partial charge in [-0.3, -0.25) is 13.9 Å². The van der Waals surface area contributed by atoms with E-state index >= 15 is 0 Å². The van der Waals surface area contributed by atoms with E-state index in [-0.39, 0.29) is 30.9 Å². The van der Waals surface area contributed by atoms with E-state index in [4.69, 9.17) is 9.94 Å². The van der Waals surface area contributed by atoms with Gasteiger partial charge in [0.2, 0.25) is 15.9 Å². The molecule has 1 saturated carbocycles. The van der Waals surface area contributed by atoms with Crippen LogP contribution in [0.5, 0.6) is 0 Å². The van der Waals surface area contributed by atoms with Gasteiger partial charge in [-0.15, -0.1) is 0 Å². The molecule has 5 rings (SSSR count). The monoisotopic (exact) mass is 616 g/mol. The molecular formula is C26H29BrN6O5S. The lowest BCUT2D eigenvalue weighted by molar-refractivity contribution is -0.123. The Labute approximate surface area is 234 Å². The van der Waals surface area contributed by atoms with Crippen molar-refractivity contribution in [2.24, 2.45) is 11.1 Å². The third-order valence-electron chi connectivity index (χ3n) is 6.76. The van der Waals surface area contributed by atoms with Gasteiger partial charge in [-0.2, -0.15) is 5.10 Å². The Morgan fingerprint density at radius 1 is 1.21 bits per heavy atom. The van der Waals surface area contributed by atoms with Gasteiger partial charge in [0.25, 0.3) is 5.91 Å². The zero-order chi connectivity index (χ0) is 27.7. The molecule has 39 heavy (non-hydrogen) atoms. The number of anilines is 1. The van der Waals surface area contributed by atoms with E-state index in [9.17, 15) is 18.0 Å². The van der Waals surface area contributed by atoms with Crippen molar-refractivity contribution >= 4 is 60.6 Å². The van der Waals surface area contributed by atoms with Crippen molar-refractivity contribution in [2.75, 3.05) is 37.3 Å². The lowest BCUT2D eigenvalue weighted by Crippen LogP contribution is -2.36. The lowest BCUT2D eigenvalue weighted by Gasteiger charge is -2.25. The van der Waals surface area contributed by atoms with Gasteiger partial charge < -0.3 is 15.5 Å². The maximum Gasteiger partial charge on any atom is 0.270 e. The van der Waals surface area contributed by atoms with E-state index in [2.05, 4.69) is 31.7 Å². The summed E-state index contributed by atoms with van der Waals surface area (Å²) in [6.45, 7) is 0.682. The SMILES string of the molecule is CNC(=O)c1c2cc(C3CC3)c(N(CCCNC(=O)C3C=NOC3)S(C)(=O)=O)cc2nn1-c1ccc(Br)cc1. The Morgan fingerprint density at radius 3 is 2.56 bits per heavy atom. The highest BCUT2D eigenvalue weighted by Crippen LogP contribution is 2.46. The Hall–Kier alpha value is -3.45. The second kappa shape index (κ2) is 11.0. The number of nitrogens with one attached hydrogen (secondary N) is 2. The van der Waals surface area contributed by atoms with Crippen LogP contribution < -0.4 is 14.9 Å². The summed E-state index contributed by atoms with van der Waals surface area (Å²) >= 11 is 3.44. The zero-order valence-corrected chi connectivity index (χ0v) is 24.0. The Bertz CT molecular complexity index is 1550. The minimum absolute atomic E-state index is 0.176. The number of hydrogen-bond donors (Lipinski definition) is 2. The maximum absolute atomic E-state index is 13.0. The third-order valence-corrected chi connectivity index (χ3v) is 8.47. The molecule has 0 spiro atoms. The van der Waals surface area contributed by atoms with Crippen LogP contribution in [0.4, 0.5) is 5.69 Å². The molecule has 0 saturated heterocycles. The first-order valence-corrected chi connectivity index (χ1v) is 15.3. The van der Waals surface area contributed by atoms with Gasteiger partial charge in [0.15, 0.2) is 0 Å². The highest BCUT2D eigenvalue weighted by molar-refractivity contribution is 9.10. The minimum atomic E-state index is -3.65. The number of carbonyl (C=O) groups is 2. The number of amides is 2. The molecule has 206 valence electrons. The topological polar surface area (TPSA) is 135 Å². The minimum Gasteiger partial charge on any atom is -0.395 e. The lowest BCUT2D eigenvalue weighted by atomic mass is 10.0. The van der Waals surface area contributed by atoms with E-state index in [1.165, 1.54) is 16.8 Å². The Balaban J connectivity index is 1.51. The van der Waals surface area contributed by atoms with Gasteiger partial charge in [0.1, 0.15) is 18.2 Å². The molecule has 2 aromatic carbocycles. The van der Waals surface area contributed by atoms with Gasteiger partial charge in [-0.05, 0) is 67.1 Å². The zero-order valence-electron chi connectivity index (χ0n) is 21.6. The number of carbonyl (C=O) groups excluding carboxylic acids is 2. The third kappa shape index (κ3) is 5.78. The molecule has 0 bridgehead atoms. The fourth-order valence-electron chi connectivity index (χ4n) is 4.64. The molecule has 13 heteroatoms. The molecule has 1 aromatic heterocycles. The molecule has 3 aromatic rings. The molecule has 0 radical (unpaired) electrons. The largest absolute Gasteiger partial charge is 0.395 e. The number of halogens is 1. The van der Waals surface area contributed by atoms with Crippen molar-refractivity contribution < 1.29 is 22.8 Å². The van der Waals surface area contributed by atoms with Crippen LogP contribution >= 0.6 is 15.9 Å². The smallest absolute Gasteiger partial charge is 0.270 e. The van der Waals surface area contributed by atoms with E-state index in [0.29, 0.717) is 40.9 Å². The van der Waals surface area contributed by atoms with Crippen molar-refractivity contribution in [1.29, 1.82) is 0 Å². The molecule has 2 heterocycles. The highest BCUT2D eigenvalue weighted by atomic mass is 79.9. The van der Waals surface area contributed by atoms with Crippen LogP contribution in [0.25, 0.3) is 16.6 Å². The first-order chi connectivity index (χ1) is 18.7. The van der Waals surface area contributed by atoms with Crippen molar-refractivity contribution in [2.45, 2.75) is 25.2 Å². The summed E-state index contributed by atoms with van der Waals surface area (Å²) in [7, 11) is -2.08. The maximum atomic E-state index is 13.0. The van der Waals surface area contributed by atoms with Crippen molar-refractivity contribution in [1.82, 2.24) is 20.4 Å². The van der Waals surface area contributed by atoms with Gasteiger partial charge in [-0.1, -0.05) is 21.1 Å². The second-order valence-corrected chi connectivity index (χ2v) is 12.5. The molecule has 2 N–H and O–H groups in total. The fraction of sp³-hybridized carbons (Fsp3) is 0.385. The Kier molecular flexibility index (Phi) is 7.63. The number of benzene rings is 2. The molecular weight excluding hydrogens is 588 g/mol. The molecule has 1 aliphatic heterocycles. The van der Waals surface area contributed by atoms with Crippen molar-refractivity contribution in [3.63, 3.8) is 0 Å². The van der Waals surface area contributed by atoms with Crippen LogP contribution in [0.15, 0.2) is 46.0 Å². The van der Waals surface area contributed by atoms with Crippen LogP contribution in [-0.2, 0) is 19.7 Å². The van der Waals surface area contributed by atoms with Crippen LogP contribution in [0, 0.1) is 5.92 Å². The van der Waals surface area contributed by atoms with Crippen molar-refractivity contribution in [3.05, 3.63) is 52.1 Å². The number of hydrogen-bond acceptors (Lipinski definition) is 7. The van der Waals surface area contributed by atoms with Gasteiger partial charge >= 0.3 is 0 Å². The summed E-state index contributed by atoms with van der Waals surface area (Å²) in [5, 5.41) is 14.5. The highest BCUT2D eigenvalue weighted by Gasteiger charge is 2.32. The summed E-state index contributed by atoms with van der Waals surface area (Å²) in [5.41, 5.74) is 3.03. The summed E-state index contributed by atoms with van der Waals surface area (Å²) in [4.78, 5) is 30.1. The summed E-state index contributed by atoms with van der Waals surface area (Å²) < 4.78 is 29.8. The van der Waals surface area contributed by atoms with E-state index < -0.39 is 15.9 Å². The Morgan fingerprint density at radius 2 is 1.95 bits per heavy atom. The molecule has 1 fully saturated rings. The molecule has 2 amide bonds. The molecule has 11 nitrogen and oxygen atoms in total. The molecule has 1 aliphatic carbocycles. The summed E-state index contributed by atoms with van der Waals surface area (Å²) in [6, 6.07) is 11.1. The summed E-state index contributed by atoms with van der Waals surface area (Å²) in [5.74, 6) is -0.732. The predicted octanol–water partition coefficient (Wildman–Crippen LogP) is 2.93. The summed E-state index contributed by atoms with van der Waals surface area (Å²) in [6.07, 6.45) is 4.91. The predicted molar refractivity (Wildman–Crippen MR) is 152 cm³/mol. The fourth-order valence-corrected chi connectivity index (χ4v) is 5.88. The number of rotatable bonds is 10. The van der Waals surface area contributed by atoms with Crippen LogP contribution in [-0.4, -0.2) is 69.2 Å². The van der Waals surface area contributed by atoms with E-state index in [0.717, 1.165) is 22.9 Å². The molecule has 1 unspecified atom stereocenters. The first kappa shape index (κ1) is 27.1. The van der Waals surface area contributed by atoms with Gasteiger partial charge in [0.05, 0.1) is 29.4 Å². The number of sulfonamides is 1. The average molecular weight is 618 g/mol. The molecule has 2 aliphatic rings. The number of nitrogens with zero attached hydrogens (tertiary/aromatic N) is 4. The van der Waals surface area contributed by atoms with Crippen LogP contribution in [0.1, 0.15) is 41.2 Å². The van der Waals surface area contributed by atoms with E-state index in [1.54, 1.807) is 17.8 Å². The standard InChI is InChI=1S/C26H29BrN6O5S/c1-28-26(35)24-21-12-20(16-4-5-16)23(13-22(21)31-33(24)19-8-6-18(27)7-9-19)32(39(2,36)37)11-3-10-29-25(34)17-14-30-38-15-17/h6-9,12-14,16-17H,3-5,10-11,15H2,1-2H3,(H,28,35)(H,29,34). The normalized spacial score (nSPS) is 16.7. The average Bonchev–Trinajstić information content (AvgIpc) is 3.46. The number of aromatic nitrogens is 2. The van der Waals surface area contributed by atoms with Gasteiger partial charge in [-0.25, -0.2) is 13.1 Å². The van der Waals surface area contributed by atoms with Crippen LogP contribution in [0.3, 0.4) is 0 Å². The van der Waals surface area contributed by atoms with Crippen molar-refractivity contribution in [3.8, 4) is 5.69 Å².